The van der Waals surface area contributed by atoms with Crippen molar-refractivity contribution in [1.29, 1.82) is 0 Å². The molecule has 4 heteroatoms. The van der Waals surface area contributed by atoms with Crippen molar-refractivity contribution in [3.63, 3.8) is 0 Å². The molecule has 0 saturated heterocycles. The van der Waals surface area contributed by atoms with Gasteiger partial charge in [0.05, 0.1) is 11.8 Å². The molecule has 1 heterocycles. The lowest BCUT2D eigenvalue weighted by Gasteiger charge is -2.09. The Morgan fingerprint density at radius 3 is 2.60 bits per heavy atom. The number of hydrogen-bond donors (Lipinski definition) is 2. The van der Waals surface area contributed by atoms with Gasteiger partial charge in [-0.05, 0) is 25.5 Å². The molecule has 0 amide bonds. The molecule has 84 valence electrons. The number of nitrogens with zero attached hydrogens (tertiary/aromatic N) is 1. The fourth-order valence-corrected chi connectivity index (χ4v) is 2.13. The molecule has 0 fully saturated rings. The third-order valence-corrected chi connectivity index (χ3v) is 3.21. The molecule has 0 spiro atoms. The van der Waals surface area contributed by atoms with Crippen LogP contribution in [-0.4, -0.2) is 27.1 Å². The zero-order valence-corrected chi connectivity index (χ0v) is 9.87. The molecule has 1 aromatic heterocycles. The second kappa shape index (κ2) is 6.10. The minimum atomic E-state index is -0.515. The first-order valence-corrected chi connectivity index (χ1v) is 5.93. The summed E-state index contributed by atoms with van der Waals surface area (Å²) in [7, 11) is 0. The van der Waals surface area contributed by atoms with Crippen LogP contribution in [0.1, 0.15) is 32.1 Å². The highest BCUT2D eigenvalue weighted by molar-refractivity contribution is 7.99. The van der Waals surface area contributed by atoms with E-state index < -0.39 is 6.10 Å². The lowest BCUT2D eigenvalue weighted by Crippen LogP contribution is -2.00. The van der Waals surface area contributed by atoms with Crippen molar-refractivity contribution >= 4 is 11.8 Å². The standard InChI is InChI=1S/C11H17NO2S/c1-8(5-6-13)15-10-3-4-11(9(2)14)12-7-10/h3-4,7-9,13-14H,5-6H2,1-2H3/t8?,9-/m1/s1. The van der Waals surface area contributed by atoms with Gasteiger partial charge in [-0.3, -0.25) is 4.98 Å². The van der Waals surface area contributed by atoms with E-state index in [0.29, 0.717) is 10.9 Å². The summed E-state index contributed by atoms with van der Waals surface area (Å²) < 4.78 is 0. The summed E-state index contributed by atoms with van der Waals surface area (Å²) in [6.07, 6.45) is 2.03. The van der Waals surface area contributed by atoms with E-state index in [0.717, 1.165) is 11.3 Å². The molecule has 0 aromatic carbocycles. The van der Waals surface area contributed by atoms with E-state index in [1.54, 1.807) is 24.9 Å². The Balaban J connectivity index is 2.56. The quantitative estimate of drug-likeness (QED) is 0.755. The smallest absolute Gasteiger partial charge is 0.0931 e. The SMILES string of the molecule is CC(CCO)Sc1ccc([C@@H](C)O)nc1. The van der Waals surface area contributed by atoms with Gasteiger partial charge in [0.2, 0.25) is 0 Å². The summed E-state index contributed by atoms with van der Waals surface area (Å²) in [5.41, 5.74) is 0.689. The van der Waals surface area contributed by atoms with Crippen LogP contribution >= 0.6 is 11.8 Å². The van der Waals surface area contributed by atoms with Crippen LogP contribution in [0.3, 0.4) is 0 Å². The fraction of sp³-hybridized carbons (Fsp3) is 0.545. The number of thioether (sulfide) groups is 1. The Hall–Kier alpha value is -0.580. The van der Waals surface area contributed by atoms with Gasteiger partial charge in [0, 0.05) is 22.9 Å². The van der Waals surface area contributed by atoms with Gasteiger partial charge in [-0.25, -0.2) is 0 Å². The lowest BCUT2D eigenvalue weighted by molar-refractivity contribution is 0.194. The van der Waals surface area contributed by atoms with Crippen molar-refractivity contribution in [2.45, 2.75) is 36.5 Å². The number of rotatable bonds is 5. The van der Waals surface area contributed by atoms with Crippen LogP contribution in [0.4, 0.5) is 0 Å². The molecule has 0 bridgehead atoms. The van der Waals surface area contributed by atoms with E-state index in [4.69, 9.17) is 5.11 Å². The zero-order valence-electron chi connectivity index (χ0n) is 9.05. The molecule has 2 atom stereocenters. The Morgan fingerprint density at radius 2 is 2.13 bits per heavy atom. The van der Waals surface area contributed by atoms with Crippen LogP contribution in [0.2, 0.25) is 0 Å². The second-order valence-electron chi connectivity index (χ2n) is 3.54. The maximum Gasteiger partial charge on any atom is 0.0931 e. The topological polar surface area (TPSA) is 53.4 Å². The molecule has 2 N–H and O–H groups in total. The predicted octanol–water partition coefficient (Wildman–Crippen LogP) is 2.00. The van der Waals surface area contributed by atoms with Crippen molar-refractivity contribution in [3.8, 4) is 0 Å². The minimum absolute atomic E-state index is 0.216. The Morgan fingerprint density at radius 1 is 1.40 bits per heavy atom. The maximum atomic E-state index is 9.28. The molecule has 0 aliphatic carbocycles. The number of hydrogen-bond acceptors (Lipinski definition) is 4. The Bertz CT molecular complexity index is 287. The average Bonchev–Trinajstić information content (AvgIpc) is 2.18. The van der Waals surface area contributed by atoms with Crippen LogP contribution in [0.5, 0.6) is 0 Å². The van der Waals surface area contributed by atoms with E-state index in [-0.39, 0.29) is 6.61 Å². The number of pyridine rings is 1. The molecule has 0 aliphatic rings. The second-order valence-corrected chi connectivity index (χ2v) is 5.05. The summed E-state index contributed by atoms with van der Waals surface area (Å²) in [5.74, 6) is 0. The average molecular weight is 227 g/mol. The first-order chi connectivity index (χ1) is 7.13. The third kappa shape index (κ3) is 4.20. The van der Waals surface area contributed by atoms with Gasteiger partial charge < -0.3 is 10.2 Å². The van der Waals surface area contributed by atoms with Crippen LogP contribution < -0.4 is 0 Å². The van der Waals surface area contributed by atoms with Gasteiger partial charge in [-0.2, -0.15) is 0 Å². The van der Waals surface area contributed by atoms with E-state index in [2.05, 4.69) is 11.9 Å². The molecular weight excluding hydrogens is 210 g/mol. The molecule has 1 unspecified atom stereocenters. The van der Waals surface area contributed by atoms with Crippen LogP contribution in [-0.2, 0) is 0 Å². The maximum absolute atomic E-state index is 9.28. The third-order valence-electron chi connectivity index (χ3n) is 2.06. The lowest BCUT2D eigenvalue weighted by atomic mass is 10.2. The first-order valence-electron chi connectivity index (χ1n) is 5.05. The van der Waals surface area contributed by atoms with Crippen molar-refractivity contribution in [2.75, 3.05) is 6.61 Å². The van der Waals surface area contributed by atoms with Gasteiger partial charge in [-0.1, -0.05) is 6.92 Å². The van der Waals surface area contributed by atoms with Gasteiger partial charge in [0.15, 0.2) is 0 Å². The minimum Gasteiger partial charge on any atom is -0.396 e. The number of aliphatic hydroxyl groups is 2. The van der Waals surface area contributed by atoms with Crippen molar-refractivity contribution in [2.24, 2.45) is 0 Å². The van der Waals surface area contributed by atoms with Crippen LogP contribution in [0.15, 0.2) is 23.2 Å². The molecular formula is C11H17NO2S. The van der Waals surface area contributed by atoms with Crippen molar-refractivity contribution in [3.05, 3.63) is 24.0 Å². The zero-order chi connectivity index (χ0) is 11.3. The van der Waals surface area contributed by atoms with E-state index in [1.165, 1.54) is 0 Å². The van der Waals surface area contributed by atoms with Crippen LogP contribution in [0, 0.1) is 0 Å². The van der Waals surface area contributed by atoms with Crippen molar-refractivity contribution < 1.29 is 10.2 Å². The Labute approximate surface area is 94.6 Å². The highest BCUT2D eigenvalue weighted by Crippen LogP contribution is 2.24. The molecule has 3 nitrogen and oxygen atoms in total. The van der Waals surface area contributed by atoms with E-state index >= 15 is 0 Å². The number of aliphatic hydroxyl groups excluding tert-OH is 2. The normalized spacial score (nSPS) is 14.9. The highest BCUT2D eigenvalue weighted by atomic mass is 32.2. The van der Waals surface area contributed by atoms with Gasteiger partial charge >= 0.3 is 0 Å². The van der Waals surface area contributed by atoms with Gasteiger partial charge in [0.1, 0.15) is 0 Å². The van der Waals surface area contributed by atoms with E-state index in [9.17, 15) is 5.11 Å². The largest absolute Gasteiger partial charge is 0.396 e. The summed E-state index contributed by atoms with van der Waals surface area (Å²) >= 11 is 1.68. The first kappa shape index (κ1) is 12.5. The van der Waals surface area contributed by atoms with E-state index in [1.807, 2.05) is 12.1 Å². The molecule has 1 rings (SSSR count). The Kier molecular flexibility index (Phi) is 5.08. The summed E-state index contributed by atoms with van der Waals surface area (Å²) in [4.78, 5) is 5.23. The molecule has 1 aromatic rings. The summed E-state index contributed by atoms with van der Waals surface area (Å²) in [6, 6.07) is 3.78. The predicted molar refractivity (Wildman–Crippen MR) is 61.9 cm³/mol. The summed E-state index contributed by atoms with van der Waals surface area (Å²) in [6.45, 7) is 3.99. The highest BCUT2D eigenvalue weighted by Gasteiger charge is 2.05. The van der Waals surface area contributed by atoms with Gasteiger partial charge in [0.25, 0.3) is 0 Å². The molecule has 0 saturated carbocycles. The molecule has 0 radical (unpaired) electrons. The molecule has 0 aliphatic heterocycles. The monoisotopic (exact) mass is 227 g/mol. The molecule has 15 heavy (non-hydrogen) atoms. The summed E-state index contributed by atoms with van der Waals surface area (Å²) in [5, 5.41) is 18.4. The fourth-order valence-electron chi connectivity index (χ4n) is 1.18. The van der Waals surface area contributed by atoms with Gasteiger partial charge in [-0.15, -0.1) is 11.8 Å². The number of aromatic nitrogens is 1. The van der Waals surface area contributed by atoms with Crippen LogP contribution in [0.25, 0.3) is 0 Å². The van der Waals surface area contributed by atoms with Crippen molar-refractivity contribution in [1.82, 2.24) is 4.98 Å².